The van der Waals surface area contributed by atoms with Gasteiger partial charge in [0, 0.05) is 49.9 Å². The van der Waals surface area contributed by atoms with Gasteiger partial charge in [0.2, 0.25) is 5.91 Å². The van der Waals surface area contributed by atoms with Crippen LogP contribution in [0.2, 0.25) is 0 Å². The number of benzene rings is 2. The maximum absolute atomic E-state index is 13.1. The molecule has 0 bridgehead atoms. The van der Waals surface area contributed by atoms with E-state index in [2.05, 4.69) is 10.1 Å². The zero-order valence-electron chi connectivity index (χ0n) is 19.0. The highest BCUT2D eigenvalue weighted by Gasteiger charge is 2.26. The van der Waals surface area contributed by atoms with Crippen molar-refractivity contribution in [2.24, 2.45) is 0 Å². The Bertz CT molecular complexity index is 1270. The van der Waals surface area contributed by atoms with Crippen LogP contribution in [0.1, 0.15) is 12.1 Å². The smallest absolute Gasteiger partial charge is 0.223 e. The third-order valence-electron chi connectivity index (χ3n) is 5.82. The summed E-state index contributed by atoms with van der Waals surface area (Å²) < 4.78 is 49.9. The van der Waals surface area contributed by atoms with Gasteiger partial charge in [-0.15, -0.1) is 0 Å². The van der Waals surface area contributed by atoms with E-state index in [-0.39, 0.29) is 34.5 Å². The van der Waals surface area contributed by atoms with Crippen LogP contribution in [-0.4, -0.2) is 63.4 Å². The van der Waals surface area contributed by atoms with E-state index in [4.69, 9.17) is 9.26 Å². The lowest BCUT2D eigenvalue weighted by atomic mass is 10.1. The fourth-order valence-corrected chi connectivity index (χ4v) is 5.36. The van der Waals surface area contributed by atoms with Crippen LogP contribution < -0.4 is 9.64 Å². The number of aromatic nitrogens is 1. The largest absolute Gasteiger partial charge is 0.495 e. The lowest BCUT2D eigenvalue weighted by molar-refractivity contribution is -0.131. The third-order valence-corrected chi connectivity index (χ3v) is 7.55. The first-order valence-electron chi connectivity index (χ1n) is 10.9. The summed E-state index contributed by atoms with van der Waals surface area (Å²) in [6, 6.07) is 12.7. The second-order valence-electron chi connectivity index (χ2n) is 8.11. The highest BCUT2D eigenvalue weighted by molar-refractivity contribution is 7.91. The Kier molecular flexibility index (Phi) is 6.87. The summed E-state index contributed by atoms with van der Waals surface area (Å²) in [5, 5.41) is 3.84. The first-order valence-corrected chi connectivity index (χ1v) is 12.5. The minimum absolute atomic E-state index is 0.00971. The minimum Gasteiger partial charge on any atom is -0.495 e. The van der Waals surface area contributed by atoms with Gasteiger partial charge in [-0.1, -0.05) is 5.16 Å². The third kappa shape index (κ3) is 5.22. The van der Waals surface area contributed by atoms with E-state index in [0.29, 0.717) is 43.2 Å². The number of nitrogens with zero attached hydrogens (tertiary/aromatic N) is 3. The number of halogens is 1. The fourth-order valence-electron chi connectivity index (χ4n) is 3.93. The lowest BCUT2D eigenvalue weighted by Gasteiger charge is -2.36. The quantitative estimate of drug-likeness (QED) is 0.505. The van der Waals surface area contributed by atoms with Gasteiger partial charge in [0.05, 0.1) is 18.6 Å². The van der Waals surface area contributed by atoms with Crippen molar-refractivity contribution >= 4 is 21.4 Å². The zero-order chi connectivity index (χ0) is 24.3. The number of aryl methyl sites for hydroxylation is 1. The number of methoxy groups -OCH3 is 1. The van der Waals surface area contributed by atoms with E-state index in [0.717, 1.165) is 5.69 Å². The number of anilines is 1. The molecule has 2 heterocycles. The molecule has 0 N–H and O–H groups in total. The molecule has 1 saturated heterocycles. The molecule has 1 aromatic heterocycles. The fraction of sp³-hybridized carbons (Fsp3) is 0.333. The van der Waals surface area contributed by atoms with E-state index < -0.39 is 9.84 Å². The minimum atomic E-state index is -3.80. The molecule has 0 spiro atoms. The van der Waals surface area contributed by atoms with Gasteiger partial charge in [-0.05, 0) is 49.4 Å². The highest BCUT2D eigenvalue weighted by Crippen LogP contribution is 2.31. The SMILES string of the molecule is COc1ccc(-c2cc(C)no2)cc1S(=O)(=O)CCC(=O)N1CCN(c2ccc(F)cc2)CC1. The molecular weight excluding hydrogens is 461 g/mol. The number of ether oxygens (including phenoxy) is 1. The number of amides is 1. The van der Waals surface area contributed by atoms with E-state index in [1.165, 1.54) is 25.3 Å². The van der Waals surface area contributed by atoms with Gasteiger partial charge in [-0.25, -0.2) is 12.8 Å². The van der Waals surface area contributed by atoms with Crippen molar-refractivity contribution in [2.75, 3.05) is 43.9 Å². The van der Waals surface area contributed by atoms with Gasteiger partial charge in [0.15, 0.2) is 15.6 Å². The van der Waals surface area contributed by atoms with Crippen LogP contribution in [0.3, 0.4) is 0 Å². The van der Waals surface area contributed by atoms with E-state index in [1.807, 2.05) is 0 Å². The van der Waals surface area contributed by atoms with E-state index >= 15 is 0 Å². The Morgan fingerprint density at radius 2 is 1.79 bits per heavy atom. The van der Waals surface area contributed by atoms with Gasteiger partial charge < -0.3 is 19.1 Å². The number of carbonyl (C=O) groups is 1. The molecule has 1 aliphatic heterocycles. The average molecular weight is 488 g/mol. The molecule has 1 amide bonds. The summed E-state index contributed by atoms with van der Waals surface area (Å²) in [6.07, 6.45) is -0.131. The predicted octanol–water partition coefficient (Wildman–Crippen LogP) is 3.31. The first kappa shape index (κ1) is 23.7. The number of piperazine rings is 1. The van der Waals surface area contributed by atoms with Crippen LogP contribution in [-0.2, 0) is 14.6 Å². The number of sulfone groups is 1. The summed E-state index contributed by atoms with van der Waals surface area (Å²) >= 11 is 0. The Morgan fingerprint density at radius 1 is 1.09 bits per heavy atom. The molecule has 0 atom stereocenters. The molecule has 4 rings (SSSR count). The molecule has 0 radical (unpaired) electrons. The Labute approximate surface area is 197 Å². The molecule has 8 nitrogen and oxygen atoms in total. The number of hydrogen-bond donors (Lipinski definition) is 0. The van der Waals surface area contributed by atoms with Crippen LogP contribution in [0.15, 0.2) is 57.9 Å². The highest BCUT2D eigenvalue weighted by atomic mass is 32.2. The molecule has 0 unspecified atom stereocenters. The van der Waals surface area contributed by atoms with Crippen LogP contribution in [0.25, 0.3) is 11.3 Å². The van der Waals surface area contributed by atoms with Crippen molar-refractivity contribution in [3.63, 3.8) is 0 Å². The Morgan fingerprint density at radius 3 is 2.41 bits per heavy atom. The van der Waals surface area contributed by atoms with Crippen molar-refractivity contribution in [3.8, 4) is 17.1 Å². The predicted molar refractivity (Wildman–Crippen MR) is 125 cm³/mol. The van der Waals surface area contributed by atoms with Gasteiger partial charge in [0.25, 0.3) is 0 Å². The lowest BCUT2D eigenvalue weighted by Crippen LogP contribution is -2.49. The van der Waals surface area contributed by atoms with E-state index in [9.17, 15) is 17.6 Å². The molecule has 0 saturated carbocycles. The second kappa shape index (κ2) is 9.84. The standard InChI is InChI=1S/C24H26FN3O5S/c1-17-15-22(33-26-17)18-3-8-21(32-2)23(16-18)34(30,31)14-9-24(29)28-12-10-27(11-13-28)20-6-4-19(25)5-7-20/h3-8,15-16H,9-14H2,1-2H3. The Balaban J connectivity index is 1.40. The zero-order valence-corrected chi connectivity index (χ0v) is 19.8. The number of rotatable bonds is 7. The van der Waals surface area contributed by atoms with Crippen LogP contribution >= 0.6 is 0 Å². The molecule has 10 heteroatoms. The monoisotopic (exact) mass is 487 g/mol. The number of hydrogen-bond acceptors (Lipinski definition) is 7. The Hall–Kier alpha value is -3.40. The molecule has 2 aromatic carbocycles. The van der Waals surface area contributed by atoms with Crippen molar-refractivity contribution in [1.29, 1.82) is 0 Å². The maximum atomic E-state index is 13.1. The van der Waals surface area contributed by atoms with Crippen molar-refractivity contribution in [1.82, 2.24) is 10.1 Å². The van der Waals surface area contributed by atoms with Crippen LogP contribution in [0, 0.1) is 12.7 Å². The van der Waals surface area contributed by atoms with Gasteiger partial charge in [-0.3, -0.25) is 4.79 Å². The average Bonchev–Trinajstić information content (AvgIpc) is 3.29. The van der Waals surface area contributed by atoms with Crippen molar-refractivity contribution < 1.29 is 26.9 Å². The van der Waals surface area contributed by atoms with Crippen LogP contribution in [0.4, 0.5) is 10.1 Å². The second-order valence-corrected chi connectivity index (χ2v) is 10.2. The van der Waals surface area contributed by atoms with E-state index in [1.54, 1.807) is 42.2 Å². The van der Waals surface area contributed by atoms with Gasteiger partial charge in [-0.2, -0.15) is 0 Å². The molecule has 1 fully saturated rings. The van der Waals surface area contributed by atoms with Gasteiger partial charge >= 0.3 is 0 Å². The number of carbonyl (C=O) groups excluding carboxylic acids is 1. The first-order chi connectivity index (χ1) is 16.3. The summed E-state index contributed by atoms with van der Waals surface area (Å²) in [6.45, 7) is 3.91. The van der Waals surface area contributed by atoms with Crippen molar-refractivity contribution in [3.05, 3.63) is 60.0 Å². The summed E-state index contributed by atoms with van der Waals surface area (Å²) in [7, 11) is -2.40. The summed E-state index contributed by atoms with van der Waals surface area (Å²) in [5.41, 5.74) is 2.13. The molecule has 3 aromatic rings. The van der Waals surface area contributed by atoms with Gasteiger partial charge in [0.1, 0.15) is 16.5 Å². The molecule has 180 valence electrons. The normalized spacial score (nSPS) is 14.3. The molecule has 34 heavy (non-hydrogen) atoms. The summed E-state index contributed by atoms with van der Waals surface area (Å²) in [4.78, 5) is 16.5. The molecule has 0 aliphatic carbocycles. The maximum Gasteiger partial charge on any atom is 0.223 e. The topological polar surface area (TPSA) is 92.9 Å². The summed E-state index contributed by atoms with van der Waals surface area (Å²) in [5.74, 6) is -0.188. The van der Waals surface area contributed by atoms with Crippen LogP contribution in [0.5, 0.6) is 5.75 Å². The van der Waals surface area contributed by atoms with Crippen molar-refractivity contribution in [2.45, 2.75) is 18.2 Å². The molecular formula is C24H26FN3O5S. The molecule has 1 aliphatic rings.